The molecular formula is C21H25N5O2. The van der Waals surface area contributed by atoms with Gasteiger partial charge in [0, 0.05) is 36.3 Å². The summed E-state index contributed by atoms with van der Waals surface area (Å²) < 4.78 is 9.79. The first kappa shape index (κ1) is 18.4. The molecule has 0 aromatic carbocycles. The van der Waals surface area contributed by atoms with Gasteiger partial charge in [-0.05, 0) is 51.8 Å². The van der Waals surface area contributed by atoms with Crippen molar-refractivity contribution in [1.29, 1.82) is 0 Å². The molecule has 0 radical (unpaired) electrons. The number of pyridine rings is 1. The molecule has 0 aliphatic carbocycles. The van der Waals surface area contributed by atoms with Crippen molar-refractivity contribution in [2.24, 2.45) is 5.10 Å². The number of nitrogens with zero attached hydrogens (tertiary/aromatic N) is 4. The number of carbonyl (C=O) groups excluding carboxylic acids is 1. The Labute approximate surface area is 164 Å². The van der Waals surface area contributed by atoms with Gasteiger partial charge in [-0.3, -0.25) is 9.20 Å². The van der Waals surface area contributed by atoms with Crippen LogP contribution in [0.5, 0.6) is 0 Å². The van der Waals surface area contributed by atoms with E-state index in [0.29, 0.717) is 11.4 Å². The molecule has 0 bridgehead atoms. The lowest BCUT2D eigenvalue weighted by atomic mass is 10.2. The van der Waals surface area contributed by atoms with Crippen molar-refractivity contribution in [3.8, 4) is 0 Å². The maximum atomic E-state index is 12.6. The van der Waals surface area contributed by atoms with Crippen LogP contribution in [0.3, 0.4) is 0 Å². The Morgan fingerprint density at radius 1 is 1.39 bits per heavy atom. The molecule has 7 heteroatoms. The van der Waals surface area contributed by atoms with Gasteiger partial charge in [0.2, 0.25) is 0 Å². The van der Waals surface area contributed by atoms with E-state index in [4.69, 9.17) is 4.74 Å². The van der Waals surface area contributed by atoms with E-state index in [1.807, 2.05) is 31.3 Å². The first-order chi connectivity index (χ1) is 13.5. The van der Waals surface area contributed by atoms with Crippen LogP contribution in [0.4, 0.5) is 0 Å². The molecule has 1 saturated heterocycles. The third-order valence-electron chi connectivity index (χ3n) is 5.31. The van der Waals surface area contributed by atoms with Crippen LogP contribution < -0.4 is 5.43 Å². The van der Waals surface area contributed by atoms with Gasteiger partial charge in [-0.15, -0.1) is 0 Å². The number of hydrazone groups is 1. The molecule has 1 N–H and O–H groups in total. The van der Waals surface area contributed by atoms with Crippen LogP contribution in [-0.2, 0) is 11.3 Å². The van der Waals surface area contributed by atoms with E-state index < -0.39 is 0 Å². The summed E-state index contributed by atoms with van der Waals surface area (Å²) >= 11 is 0. The zero-order chi connectivity index (χ0) is 19.7. The van der Waals surface area contributed by atoms with Gasteiger partial charge in [0.05, 0.1) is 18.0 Å². The Balaban J connectivity index is 1.49. The van der Waals surface area contributed by atoms with E-state index >= 15 is 0 Å². The number of amides is 1. The predicted molar refractivity (Wildman–Crippen MR) is 108 cm³/mol. The number of rotatable bonds is 5. The van der Waals surface area contributed by atoms with Gasteiger partial charge in [-0.1, -0.05) is 6.07 Å². The number of ether oxygens (including phenoxy) is 1. The highest BCUT2D eigenvalue weighted by Crippen LogP contribution is 2.19. The second-order valence-electron chi connectivity index (χ2n) is 7.25. The largest absolute Gasteiger partial charge is 0.376 e. The highest BCUT2D eigenvalue weighted by atomic mass is 16.5. The first-order valence-corrected chi connectivity index (χ1v) is 9.60. The summed E-state index contributed by atoms with van der Waals surface area (Å²) in [4.78, 5) is 17.0. The van der Waals surface area contributed by atoms with Gasteiger partial charge in [0.25, 0.3) is 5.91 Å². The highest BCUT2D eigenvalue weighted by molar-refractivity contribution is 5.95. The third-order valence-corrected chi connectivity index (χ3v) is 5.31. The molecule has 4 rings (SSSR count). The summed E-state index contributed by atoms with van der Waals surface area (Å²) in [5.41, 5.74) is 7.82. The molecule has 0 spiro atoms. The molecule has 1 amide bonds. The van der Waals surface area contributed by atoms with Gasteiger partial charge in [-0.25, -0.2) is 10.4 Å². The average Bonchev–Trinajstić information content (AvgIpc) is 3.36. The van der Waals surface area contributed by atoms with Crippen molar-refractivity contribution < 1.29 is 9.53 Å². The van der Waals surface area contributed by atoms with E-state index in [9.17, 15) is 4.79 Å². The molecule has 0 unspecified atom stereocenters. The zero-order valence-electron chi connectivity index (χ0n) is 16.5. The van der Waals surface area contributed by atoms with E-state index in [1.165, 1.54) is 5.69 Å². The van der Waals surface area contributed by atoms with Gasteiger partial charge < -0.3 is 9.30 Å². The molecular weight excluding hydrogens is 354 g/mol. The molecule has 3 aromatic rings. The molecule has 3 aromatic heterocycles. The van der Waals surface area contributed by atoms with Crippen LogP contribution in [-0.4, -0.2) is 38.8 Å². The SMILES string of the molecule is Cc1nc2ccccn2c1C(=O)N/N=C\c1cc(C)n(C[C@@H]2CCCO2)c1C. The minimum Gasteiger partial charge on any atom is -0.376 e. The number of imidazole rings is 1. The molecule has 146 valence electrons. The minimum atomic E-state index is -0.277. The average molecular weight is 379 g/mol. The lowest BCUT2D eigenvalue weighted by Crippen LogP contribution is -2.20. The lowest BCUT2D eigenvalue weighted by Gasteiger charge is -2.14. The smallest absolute Gasteiger partial charge is 0.290 e. The summed E-state index contributed by atoms with van der Waals surface area (Å²) in [6.45, 7) is 7.69. The molecule has 28 heavy (non-hydrogen) atoms. The maximum absolute atomic E-state index is 12.6. The van der Waals surface area contributed by atoms with Gasteiger partial charge in [-0.2, -0.15) is 5.10 Å². The molecule has 0 saturated carbocycles. The van der Waals surface area contributed by atoms with E-state index in [2.05, 4.69) is 40.0 Å². The van der Waals surface area contributed by atoms with Crippen molar-refractivity contribution in [3.63, 3.8) is 0 Å². The van der Waals surface area contributed by atoms with Crippen molar-refractivity contribution in [2.45, 2.75) is 46.3 Å². The molecule has 4 heterocycles. The second kappa shape index (κ2) is 7.59. The molecule has 1 fully saturated rings. The van der Waals surface area contributed by atoms with Crippen LogP contribution in [0.2, 0.25) is 0 Å². The summed E-state index contributed by atoms with van der Waals surface area (Å²) in [6, 6.07) is 7.72. The second-order valence-corrected chi connectivity index (χ2v) is 7.25. The molecule has 1 aliphatic heterocycles. The monoisotopic (exact) mass is 379 g/mol. The van der Waals surface area contributed by atoms with E-state index in [0.717, 1.165) is 42.9 Å². The molecule has 1 atom stereocenters. The fourth-order valence-electron chi connectivity index (χ4n) is 3.83. The standard InChI is InChI=1S/C21H25N5O2/c1-14-11-17(16(3)26(14)13-18-7-6-10-28-18)12-22-24-21(27)20-15(2)23-19-8-4-5-9-25(19)20/h4-5,8-9,11-12,18H,6-7,10,13H2,1-3H3,(H,24,27)/b22-12-/t18-/m0/s1. The lowest BCUT2D eigenvalue weighted by molar-refractivity contribution is 0.0948. The van der Waals surface area contributed by atoms with Gasteiger partial charge in [0.1, 0.15) is 11.3 Å². The summed E-state index contributed by atoms with van der Waals surface area (Å²) in [7, 11) is 0. The minimum absolute atomic E-state index is 0.277. The van der Waals surface area contributed by atoms with Gasteiger partial charge >= 0.3 is 0 Å². The van der Waals surface area contributed by atoms with Crippen LogP contribution in [0.15, 0.2) is 35.6 Å². The number of carbonyl (C=O) groups is 1. The van der Waals surface area contributed by atoms with Crippen LogP contribution >= 0.6 is 0 Å². The summed E-state index contributed by atoms with van der Waals surface area (Å²) in [5, 5.41) is 4.18. The van der Waals surface area contributed by atoms with Crippen LogP contribution in [0.1, 0.15) is 46.0 Å². The van der Waals surface area contributed by atoms with Crippen molar-refractivity contribution >= 4 is 17.8 Å². The normalized spacial score (nSPS) is 17.0. The van der Waals surface area contributed by atoms with Crippen LogP contribution in [0, 0.1) is 20.8 Å². The Morgan fingerprint density at radius 2 is 2.25 bits per heavy atom. The Bertz CT molecular complexity index is 1040. The quantitative estimate of drug-likeness (QED) is 0.547. The molecule has 7 nitrogen and oxygen atoms in total. The fraction of sp³-hybridized carbons (Fsp3) is 0.381. The van der Waals surface area contributed by atoms with Crippen LogP contribution in [0.25, 0.3) is 5.65 Å². The van der Waals surface area contributed by atoms with E-state index in [1.54, 1.807) is 10.6 Å². The van der Waals surface area contributed by atoms with Crippen molar-refractivity contribution in [1.82, 2.24) is 19.4 Å². The fourth-order valence-corrected chi connectivity index (χ4v) is 3.83. The predicted octanol–water partition coefficient (Wildman–Crippen LogP) is 3.00. The number of aryl methyl sites for hydroxylation is 2. The topological polar surface area (TPSA) is 72.9 Å². The number of fused-ring (bicyclic) bond motifs is 1. The van der Waals surface area contributed by atoms with E-state index in [-0.39, 0.29) is 12.0 Å². The Morgan fingerprint density at radius 3 is 3.04 bits per heavy atom. The van der Waals surface area contributed by atoms with Gasteiger partial charge in [0.15, 0.2) is 0 Å². The third kappa shape index (κ3) is 3.45. The Hall–Kier alpha value is -2.93. The zero-order valence-corrected chi connectivity index (χ0v) is 16.5. The highest BCUT2D eigenvalue weighted by Gasteiger charge is 2.19. The first-order valence-electron chi connectivity index (χ1n) is 9.60. The Kier molecular flexibility index (Phi) is 5.00. The number of hydrogen-bond donors (Lipinski definition) is 1. The maximum Gasteiger partial charge on any atom is 0.290 e. The number of nitrogens with one attached hydrogen (secondary N) is 1. The summed E-state index contributed by atoms with van der Waals surface area (Å²) in [6.07, 6.45) is 6.05. The molecule has 1 aliphatic rings. The number of aromatic nitrogens is 3. The van der Waals surface area contributed by atoms with Crippen molar-refractivity contribution in [2.75, 3.05) is 6.61 Å². The van der Waals surface area contributed by atoms with Crippen molar-refractivity contribution in [3.05, 3.63) is 58.8 Å². The summed E-state index contributed by atoms with van der Waals surface area (Å²) in [5.74, 6) is -0.277. The number of hydrogen-bond acceptors (Lipinski definition) is 4.